The van der Waals surface area contributed by atoms with Crippen molar-refractivity contribution in [1.82, 2.24) is 4.98 Å². The SMILES string of the molecule is C[C@H](N)c1ccc(Sc2ccccc2Br)nc1. The summed E-state index contributed by atoms with van der Waals surface area (Å²) in [5.74, 6) is 0. The number of hydrogen-bond donors (Lipinski definition) is 1. The monoisotopic (exact) mass is 308 g/mol. The number of nitrogens with zero attached hydrogens (tertiary/aromatic N) is 1. The standard InChI is InChI=1S/C13H13BrN2S/c1-9(15)10-6-7-13(16-8-10)17-12-5-3-2-4-11(12)14/h2-9H,15H2,1H3/t9-/m0/s1. The molecule has 0 aliphatic heterocycles. The van der Waals surface area contributed by atoms with Crippen LogP contribution < -0.4 is 5.73 Å². The molecule has 0 aliphatic rings. The third-order valence-corrected chi connectivity index (χ3v) is 4.32. The minimum absolute atomic E-state index is 0.0324. The van der Waals surface area contributed by atoms with Crippen molar-refractivity contribution in [3.63, 3.8) is 0 Å². The lowest BCUT2D eigenvalue weighted by atomic mass is 10.2. The molecule has 0 radical (unpaired) electrons. The van der Waals surface area contributed by atoms with Crippen LogP contribution >= 0.6 is 27.7 Å². The van der Waals surface area contributed by atoms with Gasteiger partial charge in [-0.25, -0.2) is 4.98 Å². The Morgan fingerprint density at radius 1 is 1.24 bits per heavy atom. The lowest BCUT2D eigenvalue weighted by Crippen LogP contribution is -2.04. The van der Waals surface area contributed by atoms with Crippen LogP contribution in [0, 0.1) is 0 Å². The van der Waals surface area contributed by atoms with Crippen molar-refractivity contribution >= 4 is 27.7 Å². The van der Waals surface area contributed by atoms with Crippen LogP contribution in [-0.2, 0) is 0 Å². The molecule has 0 unspecified atom stereocenters. The van der Waals surface area contributed by atoms with E-state index in [9.17, 15) is 0 Å². The van der Waals surface area contributed by atoms with Crippen molar-refractivity contribution in [2.75, 3.05) is 0 Å². The van der Waals surface area contributed by atoms with Gasteiger partial charge in [0.05, 0.1) is 0 Å². The summed E-state index contributed by atoms with van der Waals surface area (Å²) >= 11 is 5.16. The minimum Gasteiger partial charge on any atom is -0.324 e. The summed E-state index contributed by atoms with van der Waals surface area (Å²) < 4.78 is 1.09. The summed E-state index contributed by atoms with van der Waals surface area (Å²) in [6.45, 7) is 1.96. The van der Waals surface area contributed by atoms with E-state index in [0.717, 1.165) is 20.0 Å². The van der Waals surface area contributed by atoms with Crippen LogP contribution in [-0.4, -0.2) is 4.98 Å². The number of rotatable bonds is 3. The van der Waals surface area contributed by atoms with Gasteiger partial charge in [0, 0.05) is 21.6 Å². The summed E-state index contributed by atoms with van der Waals surface area (Å²) in [4.78, 5) is 5.56. The molecule has 88 valence electrons. The second-order valence-electron chi connectivity index (χ2n) is 3.75. The molecule has 0 amide bonds. The van der Waals surface area contributed by atoms with Gasteiger partial charge in [-0.3, -0.25) is 0 Å². The highest BCUT2D eigenvalue weighted by atomic mass is 79.9. The Hall–Kier alpha value is -0.840. The normalized spacial score (nSPS) is 12.4. The van der Waals surface area contributed by atoms with Crippen LogP contribution in [0.15, 0.2) is 57.0 Å². The van der Waals surface area contributed by atoms with Gasteiger partial charge in [-0.05, 0) is 46.6 Å². The predicted octanol–water partition coefficient (Wildman–Crippen LogP) is 4.02. The maximum Gasteiger partial charge on any atom is 0.101 e. The first kappa shape index (κ1) is 12.6. The van der Waals surface area contributed by atoms with Crippen molar-refractivity contribution in [2.24, 2.45) is 5.73 Å². The zero-order chi connectivity index (χ0) is 12.3. The van der Waals surface area contributed by atoms with Crippen LogP contribution in [0.5, 0.6) is 0 Å². The molecule has 1 heterocycles. The average molecular weight is 309 g/mol. The van der Waals surface area contributed by atoms with Crippen molar-refractivity contribution in [1.29, 1.82) is 0 Å². The number of pyridine rings is 1. The molecule has 1 aromatic carbocycles. The first-order chi connectivity index (χ1) is 8.16. The van der Waals surface area contributed by atoms with E-state index in [-0.39, 0.29) is 6.04 Å². The molecular formula is C13H13BrN2S. The van der Waals surface area contributed by atoms with E-state index in [0.29, 0.717) is 0 Å². The van der Waals surface area contributed by atoms with E-state index in [2.05, 4.69) is 27.0 Å². The maximum atomic E-state index is 5.79. The highest BCUT2D eigenvalue weighted by molar-refractivity contribution is 9.10. The molecule has 2 aromatic rings. The topological polar surface area (TPSA) is 38.9 Å². The molecule has 0 saturated carbocycles. The maximum absolute atomic E-state index is 5.79. The van der Waals surface area contributed by atoms with E-state index in [1.165, 1.54) is 0 Å². The molecular weight excluding hydrogens is 296 g/mol. The van der Waals surface area contributed by atoms with Gasteiger partial charge >= 0.3 is 0 Å². The first-order valence-electron chi connectivity index (χ1n) is 5.31. The van der Waals surface area contributed by atoms with E-state index in [4.69, 9.17) is 5.73 Å². The third-order valence-electron chi connectivity index (χ3n) is 2.34. The van der Waals surface area contributed by atoms with Crippen LogP contribution in [0.25, 0.3) is 0 Å². The summed E-state index contributed by atoms with van der Waals surface area (Å²) in [5.41, 5.74) is 6.84. The van der Waals surface area contributed by atoms with Gasteiger partial charge < -0.3 is 5.73 Å². The van der Waals surface area contributed by atoms with Gasteiger partial charge in [0.15, 0.2) is 0 Å². The molecule has 17 heavy (non-hydrogen) atoms. The van der Waals surface area contributed by atoms with Crippen molar-refractivity contribution in [3.8, 4) is 0 Å². The Labute approximate surface area is 114 Å². The first-order valence-corrected chi connectivity index (χ1v) is 6.91. The zero-order valence-electron chi connectivity index (χ0n) is 9.43. The minimum atomic E-state index is 0.0324. The number of halogens is 1. The smallest absolute Gasteiger partial charge is 0.101 e. The fourth-order valence-corrected chi connectivity index (χ4v) is 2.67. The third kappa shape index (κ3) is 3.31. The van der Waals surface area contributed by atoms with Crippen LogP contribution in [0.2, 0.25) is 0 Å². The Morgan fingerprint density at radius 3 is 2.59 bits per heavy atom. The molecule has 0 saturated heterocycles. The van der Waals surface area contributed by atoms with Gasteiger partial charge in [0.25, 0.3) is 0 Å². The quantitative estimate of drug-likeness (QED) is 0.931. The van der Waals surface area contributed by atoms with Gasteiger partial charge in [-0.15, -0.1) is 0 Å². The highest BCUT2D eigenvalue weighted by Crippen LogP contribution is 2.32. The Kier molecular flexibility index (Phi) is 4.20. The number of hydrogen-bond acceptors (Lipinski definition) is 3. The number of nitrogens with two attached hydrogens (primary N) is 1. The molecule has 0 spiro atoms. The van der Waals surface area contributed by atoms with E-state index >= 15 is 0 Å². The van der Waals surface area contributed by atoms with E-state index in [1.807, 2.05) is 43.5 Å². The average Bonchev–Trinajstić information content (AvgIpc) is 2.33. The van der Waals surface area contributed by atoms with Crippen LogP contribution in [0.3, 0.4) is 0 Å². The van der Waals surface area contributed by atoms with Gasteiger partial charge in [-0.1, -0.05) is 30.0 Å². The number of benzene rings is 1. The summed E-state index contributed by atoms with van der Waals surface area (Å²) in [6, 6.07) is 12.2. The largest absolute Gasteiger partial charge is 0.324 e. The Morgan fingerprint density at radius 2 is 2.00 bits per heavy atom. The molecule has 0 fully saturated rings. The van der Waals surface area contributed by atoms with Crippen LogP contribution in [0.1, 0.15) is 18.5 Å². The molecule has 0 bridgehead atoms. The van der Waals surface area contributed by atoms with Crippen molar-refractivity contribution in [3.05, 3.63) is 52.6 Å². The van der Waals surface area contributed by atoms with Gasteiger partial charge in [-0.2, -0.15) is 0 Å². The lowest BCUT2D eigenvalue weighted by Gasteiger charge is -2.06. The molecule has 1 atom stereocenters. The van der Waals surface area contributed by atoms with E-state index in [1.54, 1.807) is 11.8 Å². The highest BCUT2D eigenvalue weighted by Gasteiger charge is 2.04. The van der Waals surface area contributed by atoms with Crippen molar-refractivity contribution in [2.45, 2.75) is 22.9 Å². The second kappa shape index (κ2) is 5.67. The second-order valence-corrected chi connectivity index (χ2v) is 5.67. The fourth-order valence-electron chi connectivity index (χ4n) is 1.36. The molecule has 2 rings (SSSR count). The molecule has 1 aromatic heterocycles. The fraction of sp³-hybridized carbons (Fsp3) is 0.154. The molecule has 0 aliphatic carbocycles. The molecule has 4 heteroatoms. The summed E-state index contributed by atoms with van der Waals surface area (Å²) in [5, 5.41) is 0.973. The number of aromatic nitrogens is 1. The van der Waals surface area contributed by atoms with Gasteiger partial charge in [0.1, 0.15) is 5.03 Å². The Bertz CT molecular complexity index is 497. The Balaban J connectivity index is 2.17. The predicted molar refractivity (Wildman–Crippen MR) is 75.1 cm³/mol. The van der Waals surface area contributed by atoms with Gasteiger partial charge in [0.2, 0.25) is 0 Å². The van der Waals surface area contributed by atoms with Crippen LogP contribution in [0.4, 0.5) is 0 Å². The van der Waals surface area contributed by atoms with Crippen molar-refractivity contribution < 1.29 is 0 Å². The zero-order valence-corrected chi connectivity index (χ0v) is 11.8. The summed E-state index contributed by atoms with van der Waals surface area (Å²) in [7, 11) is 0. The molecule has 2 N–H and O–H groups in total. The lowest BCUT2D eigenvalue weighted by molar-refractivity contribution is 0.806. The summed E-state index contributed by atoms with van der Waals surface area (Å²) in [6.07, 6.45) is 1.84. The van der Waals surface area contributed by atoms with E-state index < -0.39 is 0 Å². The molecule has 2 nitrogen and oxygen atoms in total.